The monoisotopic (exact) mass is 417 g/mol. The summed E-state index contributed by atoms with van der Waals surface area (Å²) < 4.78 is 38.8. The molecule has 1 aliphatic heterocycles. The molecule has 1 N–H and O–H groups in total. The van der Waals surface area contributed by atoms with Crippen LogP contribution in [-0.2, 0) is 6.18 Å². The summed E-state index contributed by atoms with van der Waals surface area (Å²) in [5, 5.41) is 20.4. The Kier molecular flexibility index (Phi) is 5.23. The highest BCUT2D eigenvalue weighted by Gasteiger charge is 2.31. The van der Waals surface area contributed by atoms with Gasteiger partial charge in [-0.05, 0) is 51.2 Å². The molecule has 1 fully saturated rings. The quantitative estimate of drug-likeness (QED) is 0.696. The van der Waals surface area contributed by atoms with Crippen LogP contribution in [0.1, 0.15) is 18.4 Å². The summed E-state index contributed by atoms with van der Waals surface area (Å²) in [6, 6.07) is 5.01. The zero-order valence-corrected chi connectivity index (χ0v) is 16.7. The average molecular weight is 417 g/mol. The second kappa shape index (κ2) is 7.71. The number of alkyl halides is 3. The Morgan fingerprint density at radius 2 is 1.93 bits per heavy atom. The zero-order chi connectivity index (χ0) is 21.5. The summed E-state index contributed by atoms with van der Waals surface area (Å²) >= 11 is 0. The number of rotatable bonds is 3. The molecule has 0 aliphatic carbocycles. The number of phenols is 1. The van der Waals surface area contributed by atoms with Crippen molar-refractivity contribution in [2.75, 3.05) is 32.1 Å². The zero-order valence-electron chi connectivity index (χ0n) is 16.7. The van der Waals surface area contributed by atoms with Crippen molar-refractivity contribution in [3.63, 3.8) is 0 Å². The molecule has 0 amide bonds. The highest BCUT2D eigenvalue weighted by atomic mass is 19.4. The topological polar surface area (TPSA) is 65.4 Å². The van der Waals surface area contributed by atoms with Crippen molar-refractivity contribution in [2.45, 2.75) is 25.1 Å². The van der Waals surface area contributed by atoms with Gasteiger partial charge in [-0.1, -0.05) is 0 Å². The van der Waals surface area contributed by atoms with E-state index in [1.165, 1.54) is 6.07 Å². The van der Waals surface area contributed by atoms with E-state index in [2.05, 4.69) is 39.1 Å². The van der Waals surface area contributed by atoms with Crippen molar-refractivity contribution >= 4 is 16.6 Å². The van der Waals surface area contributed by atoms with Crippen LogP contribution in [0.2, 0.25) is 0 Å². The number of fused-ring (bicyclic) bond motifs is 1. The molecule has 1 atom stereocenters. The number of halogens is 3. The summed E-state index contributed by atoms with van der Waals surface area (Å²) in [5.74, 6) is 0.204. The molecule has 6 nitrogen and oxygen atoms in total. The maximum Gasteiger partial charge on any atom is 0.416 e. The minimum Gasteiger partial charge on any atom is -0.507 e. The molecule has 30 heavy (non-hydrogen) atoms. The third-order valence-electron chi connectivity index (χ3n) is 5.57. The molecule has 1 unspecified atom stereocenters. The Bertz CT molecular complexity index is 1070. The number of piperidine rings is 1. The summed E-state index contributed by atoms with van der Waals surface area (Å²) in [5.41, 5.74) is -0.394. The smallest absolute Gasteiger partial charge is 0.416 e. The number of phenolic OH excluding ortho intramolecular Hbond substituents is 1. The molecule has 2 aromatic heterocycles. The first kappa shape index (κ1) is 20.3. The molecule has 1 saturated heterocycles. The van der Waals surface area contributed by atoms with Gasteiger partial charge in [0.1, 0.15) is 11.4 Å². The standard InChI is InChI=1S/C21H22F3N5O/c1-28(2)14-4-3-9-29(12-14)20-17-11-25-8-7-15(17)19(26-27-20)16-6-5-13(10-18(16)30)21(22,23)24/h5-8,10-11,14,30H,3-4,9,12H2,1-2H3. The van der Waals surface area contributed by atoms with E-state index in [9.17, 15) is 18.3 Å². The minimum absolute atomic E-state index is 0.197. The van der Waals surface area contributed by atoms with Gasteiger partial charge in [0.25, 0.3) is 0 Å². The Morgan fingerprint density at radius 3 is 2.63 bits per heavy atom. The fourth-order valence-corrected chi connectivity index (χ4v) is 3.89. The van der Waals surface area contributed by atoms with E-state index < -0.39 is 17.5 Å². The number of pyridine rings is 1. The van der Waals surface area contributed by atoms with Crippen LogP contribution in [0.4, 0.5) is 19.0 Å². The first-order valence-corrected chi connectivity index (χ1v) is 9.68. The lowest BCUT2D eigenvalue weighted by atomic mass is 10.0. The lowest BCUT2D eigenvalue weighted by molar-refractivity contribution is -0.137. The number of aromatic hydroxyl groups is 1. The molecule has 0 radical (unpaired) electrons. The van der Waals surface area contributed by atoms with Gasteiger partial charge in [0.05, 0.1) is 5.56 Å². The average Bonchev–Trinajstić information content (AvgIpc) is 2.72. The first-order valence-electron chi connectivity index (χ1n) is 9.68. The molecule has 3 aromatic rings. The molecule has 0 bridgehead atoms. The number of likely N-dealkylation sites (N-methyl/N-ethyl adjacent to an activating group) is 1. The van der Waals surface area contributed by atoms with Crippen molar-refractivity contribution in [3.8, 4) is 17.0 Å². The maximum atomic E-state index is 12.9. The van der Waals surface area contributed by atoms with Crippen molar-refractivity contribution in [1.29, 1.82) is 0 Å². The van der Waals surface area contributed by atoms with E-state index in [1.54, 1.807) is 18.5 Å². The molecule has 0 saturated carbocycles. The fraction of sp³-hybridized carbons (Fsp3) is 0.381. The van der Waals surface area contributed by atoms with E-state index >= 15 is 0 Å². The highest BCUT2D eigenvalue weighted by molar-refractivity contribution is 6.00. The van der Waals surface area contributed by atoms with E-state index in [0.29, 0.717) is 29.0 Å². The number of anilines is 1. The predicted octanol–water partition coefficient (Wildman–Crippen LogP) is 3.95. The Balaban J connectivity index is 1.79. The van der Waals surface area contributed by atoms with Crippen LogP contribution in [0.5, 0.6) is 5.75 Å². The largest absolute Gasteiger partial charge is 0.507 e. The van der Waals surface area contributed by atoms with E-state index in [4.69, 9.17) is 0 Å². The summed E-state index contributed by atoms with van der Waals surface area (Å²) in [4.78, 5) is 8.57. The van der Waals surface area contributed by atoms with Crippen LogP contribution < -0.4 is 4.90 Å². The first-order chi connectivity index (χ1) is 14.3. The molecule has 3 heterocycles. The van der Waals surface area contributed by atoms with Crippen LogP contribution >= 0.6 is 0 Å². The number of nitrogens with zero attached hydrogens (tertiary/aromatic N) is 5. The summed E-state index contributed by atoms with van der Waals surface area (Å²) in [6.45, 7) is 1.64. The van der Waals surface area contributed by atoms with Gasteiger partial charge < -0.3 is 14.9 Å². The number of hydrogen-bond donors (Lipinski definition) is 1. The molecular formula is C21H22F3N5O. The normalized spacial score (nSPS) is 17.7. The van der Waals surface area contributed by atoms with Crippen LogP contribution in [-0.4, -0.2) is 58.4 Å². The number of aromatic nitrogens is 3. The maximum absolute atomic E-state index is 12.9. The Morgan fingerprint density at radius 1 is 1.13 bits per heavy atom. The third kappa shape index (κ3) is 3.77. The van der Waals surface area contributed by atoms with Gasteiger partial charge >= 0.3 is 6.18 Å². The molecule has 1 aromatic carbocycles. The van der Waals surface area contributed by atoms with Gasteiger partial charge in [-0.15, -0.1) is 10.2 Å². The number of benzene rings is 1. The van der Waals surface area contributed by atoms with Gasteiger partial charge in [-0.25, -0.2) is 0 Å². The predicted molar refractivity (Wildman–Crippen MR) is 108 cm³/mol. The minimum atomic E-state index is -4.53. The Hall–Kier alpha value is -2.94. The number of hydrogen-bond acceptors (Lipinski definition) is 6. The molecular weight excluding hydrogens is 395 g/mol. The summed E-state index contributed by atoms with van der Waals surface area (Å²) in [6.07, 6.45) is 0.869. The van der Waals surface area contributed by atoms with Crippen molar-refractivity contribution < 1.29 is 18.3 Å². The van der Waals surface area contributed by atoms with Crippen molar-refractivity contribution in [1.82, 2.24) is 20.1 Å². The van der Waals surface area contributed by atoms with E-state index in [1.807, 2.05) is 0 Å². The van der Waals surface area contributed by atoms with Gasteiger partial charge in [-0.3, -0.25) is 4.98 Å². The molecule has 158 valence electrons. The third-order valence-corrected chi connectivity index (χ3v) is 5.57. The van der Waals surface area contributed by atoms with Gasteiger partial charge in [-0.2, -0.15) is 13.2 Å². The second-order valence-corrected chi connectivity index (χ2v) is 7.73. The summed E-state index contributed by atoms with van der Waals surface area (Å²) in [7, 11) is 4.10. The molecule has 0 spiro atoms. The van der Waals surface area contributed by atoms with E-state index in [-0.39, 0.29) is 5.56 Å². The Labute approximate surface area is 172 Å². The van der Waals surface area contributed by atoms with E-state index in [0.717, 1.165) is 37.4 Å². The van der Waals surface area contributed by atoms with Gasteiger partial charge in [0.2, 0.25) is 0 Å². The molecule has 9 heteroatoms. The SMILES string of the molecule is CN(C)C1CCCN(c2nnc(-c3ccc(C(F)(F)F)cc3O)c3ccncc23)C1. The van der Waals surface area contributed by atoms with Gasteiger partial charge in [0.15, 0.2) is 5.82 Å². The lowest BCUT2D eigenvalue weighted by Crippen LogP contribution is -2.45. The van der Waals surface area contributed by atoms with Crippen LogP contribution in [0.3, 0.4) is 0 Å². The van der Waals surface area contributed by atoms with Crippen LogP contribution in [0, 0.1) is 0 Å². The lowest BCUT2D eigenvalue weighted by Gasteiger charge is -2.37. The molecule has 1 aliphatic rings. The van der Waals surface area contributed by atoms with Crippen molar-refractivity contribution in [3.05, 3.63) is 42.2 Å². The highest BCUT2D eigenvalue weighted by Crippen LogP contribution is 2.39. The van der Waals surface area contributed by atoms with Crippen LogP contribution in [0.15, 0.2) is 36.7 Å². The molecule has 4 rings (SSSR count). The second-order valence-electron chi connectivity index (χ2n) is 7.73. The van der Waals surface area contributed by atoms with Gasteiger partial charge in [0, 0.05) is 47.9 Å². The van der Waals surface area contributed by atoms with Crippen LogP contribution in [0.25, 0.3) is 22.0 Å². The fourth-order valence-electron chi connectivity index (χ4n) is 3.89. The van der Waals surface area contributed by atoms with Crippen molar-refractivity contribution in [2.24, 2.45) is 0 Å².